The van der Waals surface area contributed by atoms with Crippen LogP contribution in [0, 0.1) is 0 Å². The summed E-state index contributed by atoms with van der Waals surface area (Å²) in [7, 11) is 5.42. The number of nitrogen functional groups attached to an aromatic ring is 1. The fourth-order valence-corrected chi connectivity index (χ4v) is 2.32. The van der Waals surface area contributed by atoms with E-state index in [-0.39, 0.29) is 0 Å². The molecule has 1 aliphatic rings. The van der Waals surface area contributed by atoms with Crippen LogP contribution in [0.5, 0.6) is 11.5 Å². The van der Waals surface area contributed by atoms with Gasteiger partial charge in [-0.2, -0.15) is 0 Å². The Balaban J connectivity index is 2.11. The number of piperazine rings is 1. The molecule has 0 bridgehead atoms. The van der Waals surface area contributed by atoms with Crippen LogP contribution in [0.3, 0.4) is 0 Å². The third kappa shape index (κ3) is 3.30. The molecule has 2 N–H and O–H groups in total. The van der Waals surface area contributed by atoms with Crippen LogP contribution in [0.25, 0.3) is 0 Å². The van der Waals surface area contributed by atoms with E-state index in [0.717, 1.165) is 49.7 Å². The van der Waals surface area contributed by atoms with Gasteiger partial charge in [0, 0.05) is 44.5 Å². The summed E-state index contributed by atoms with van der Waals surface area (Å²) < 4.78 is 10.6. The molecular formula is C14H23N3O2. The molecule has 0 atom stereocenters. The molecule has 5 nitrogen and oxygen atoms in total. The van der Waals surface area contributed by atoms with Crippen molar-refractivity contribution < 1.29 is 9.47 Å². The van der Waals surface area contributed by atoms with E-state index >= 15 is 0 Å². The van der Waals surface area contributed by atoms with Gasteiger partial charge in [0.2, 0.25) is 0 Å². The van der Waals surface area contributed by atoms with E-state index in [9.17, 15) is 0 Å². The fraction of sp³-hybridized carbons (Fsp3) is 0.571. The van der Waals surface area contributed by atoms with Gasteiger partial charge in [-0.15, -0.1) is 0 Å². The Morgan fingerprint density at radius 1 is 1.05 bits per heavy atom. The predicted molar refractivity (Wildman–Crippen MR) is 76.7 cm³/mol. The standard InChI is InChI=1S/C14H23N3O2/c1-16-4-6-17(7-5-16)10-11-8-13(18-2)14(19-3)9-12(11)15/h8-9H,4-7,10,15H2,1-3H3. The average molecular weight is 265 g/mol. The van der Waals surface area contributed by atoms with Crippen molar-refractivity contribution in [1.82, 2.24) is 9.80 Å². The third-order valence-electron chi connectivity index (χ3n) is 3.64. The maximum absolute atomic E-state index is 6.09. The van der Waals surface area contributed by atoms with Gasteiger partial charge in [-0.25, -0.2) is 0 Å². The number of ether oxygens (including phenoxy) is 2. The first-order valence-electron chi connectivity index (χ1n) is 6.55. The molecule has 1 aromatic rings. The van der Waals surface area contributed by atoms with Crippen LogP contribution in [0.2, 0.25) is 0 Å². The number of likely N-dealkylation sites (N-methyl/N-ethyl adjacent to an activating group) is 1. The first-order valence-corrected chi connectivity index (χ1v) is 6.55. The minimum atomic E-state index is 0.683. The van der Waals surface area contributed by atoms with Gasteiger partial charge in [-0.1, -0.05) is 0 Å². The van der Waals surface area contributed by atoms with Gasteiger partial charge < -0.3 is 20.1 Å². The zero-order valence-corrected chi connectivity index (χ0v) is 12.0. The van der Waals surface area contributed by atoms with E-state index in [1.165, 1.54) is 0 Å². The summed E-state index contributed by atoms with van der Waals surface area (Å²) in [5.74, 6) is 1.42. The number of rotatable bonds is 4. The fourth-order valence-electron chi connectivity index (χ4n) is 2.32. The second kappa shape index (κ2) is 6.12. The van der Waals surface area contributed by atoms with Crippen molar-refractivity contribution in [1.29, 1.82) is 0 Å². The van der Waals surface area contributed by atoms with E-state index in [1.54, 1.807) is 14.2 Å². The Morgan fingerprint density at radius 3 is 2.21 bits per heavy atom. The normalized spacial score (nSPS) is 17.4. The Morgan fingerprint density at radius 2 is 1.63 bits per heavy atom. The molecule has 0 radical (unpaired) electrons. The van der Waals surface area contributed by atoms with Gasteiger partial charge in [-0.05, 0) is 18.7 Å². The quantitative estimate of drug-likeness (QED) is 0.824. The van der Waals surface area contributed by atoms with E-state index < -0.39 is 0 Å². The van der Waals surface area contributed by atoms with Crippen LogP contribution in [0.15, 0.2) is 12.1 Å². The van der Waals surface area contributed by atoms with E-state index in [4.69, 9.17) is 15.2 Å². The Kier molecular flexibility index (Phi) is 4.50. The number of anilines is 1. The lowest BCUT2D eigenvalue weighted by Gasteiger charge is -2.32. The maximum atomic E-state index is 6.09. The first-order chi connectivity index (χ1) is 9.13. The smallest absolute Gasteiger partial charge is 0.162 e. The topological polar surface area (TPSA) is 51.0 Å². The number of methoxy groups -OCH3 is 2. The second-order valence-electron chi connectivity index (χ2n) is 4.99. The Labute approximate surface area is 114 Å². The second-order valence-corrected chi connectivity index (χ2v) is 4.99. The van der Waals surface area contributed by atoms with Crippen LogP contribution >= 0.6 is 0 Å². The molecule has 1 aliphatic heterocycles. The van der Waals surface area contributed by atoms with Gasteiger partial charge in [-0.3, -0.25) is 4.90 Å². The van der Waals surface area contributed by atoms with Crippen molar-refractivity contribution >= 4 is 5.69 Å². The summed E-state index contributed by atoms with van der Waals surface area (Å²) >= 11 is 0. The van der Waals surface area contributed by atoms with Crippen molar-refractivity contribution in [3.63, 3.8) is 0 Å². The van der Waals surface area contributed by atoms with Crippen LogP contribution < -0.4 is 15.2 Å². The highest BCUT2D eigenvalue weighted by atomic mass is 16.5. The summed E-state index contributed by atoms with van der Waals surface area (Å²) in [5.41, 5.74) is 7.95. The molecule has 0 spiro atoms. The zero-order chi connectivity index (χ0) is 13.8. The number of hydrogen-bond donors (Lipinski definition) is 1. The van der Waals surface area contributed by atoms with Crippen molar-refractivity contribution in [2.24, 2.45) is 0 Å². The number of hydrogen-bond acceptors (Lipinski definition) is 5. The summed E-state index contributed by atoms with van der Waals surface area (Å²) in [6.07, 6.45) is 0. The van der Waals surface area contributed by atoms with Crippen molar-refractivity contribution in [2.45, 2.75) is 6.54 Å². The molecule has 0 aromatic heterocycles. The lowest BCUT2D eigenvalue weighted by Crippen LogP contribution is -2.43. The van der Waals surface area contributed by atoms with Crippen molar-refractivity contribution in [3.8, 4) is 11.5 Å². The lowest BCUT2D eigenvalue weighted by atomic mass is 10.1. The van der Waals surface area contributed by atoms with E-state index in [2.05, 4.69) is 16.8 Å². The molecule has 0 amide bonds. The monoisotopic (exact) mass is 265 g/mol. The molecule has 0 saturated carbocycles. The van der Waals surface area contributed by atoms with E-state index in [1.807, 2.05) is 12.1 Å². The van der Waals surface area contributed by atoms with Gasteiger partial charge in [0.05, 0.1) is 14.2 Å². The summed E-state index contributed by atoms with van der Waals surface area (Å²) in [5, 5.41) is 0. The Bertz CT molecular complexity index is 429. The molecule has 0 aliphatic carbocycles. The molecule has 1 fully saturated rings. The largest absolute Gasteiger partial charge is 0.493 e. The molecule has 1 aromatic carbocycles. The molecule has 106 valence electrons. The number of nitrogens with two attached hydrogens (primary N) is 1. The zero-order valence-electron chi connectivity index (χ0n) is 12.0. The van der Waals surface area contributed by atoms with Gasteiger partial charge >= 0.3 is 0 Å². The van der Waals surface area contributed by atoms with Gasteiger partial charge in [0.15, 0.2) is 11.5 Å². The molecule has 19 heavy (non-hydrogen) atoms. The molecule has 1 heterocycles. The van der Waals surface area contributed by atoms with Gasteiger partial charge in [0.1, 0.15) is 0 Å². The highest BCUT2D eigenvalue weighted by Crippen LogP contribution is 2.32. The highest BCUT2D eigenvalue weighted by molar-refractivity contribution is 5.57. The molecule has 0 unspecified atom stereocenters. The molecular weight excluding hydrogens is 242 g/mol. The van der Waals surface area contributed by atoms with Crippen LogP contribution in [0.1, 0.15) is 5.56 Å². The molecule has 1 saturated heterocycles. The first kappa shape index (κ1) is 14.0. The summed E-state index contributed by atoms with van der Waals surface area (Å²) in [4.78, 5) is 4.76. The van der Waals surface area contributed by atoms with Gasteiger partial charge in [0.25, 0.3) is 0 Å². The Hall–Kier alpha value is -1.46. The average Bonchev–Trinajstić information content (AvgIpc) is 2.43. The van der Waals surface area contributed by atoms with E-state index in [0.29, 0.717) is 5.75 Å². The number of benzene rings is 1. The van der Waals surface area contributed by atoms with Crippen molar-refractivity contribution in [3.05, 3.63) is 17.7 Å². The number of nitrogens with zero attached hydrogens (tertiary/aromatic N) is 2. The van der Waals surface area contributed by atoms with Crippen LogP contribution in [-0.2, 0) is 6.54 Å². The summed E-state index contributed by atoms with van der Waals surface area (Å²) in [6, 6.07) is 3.82. The molecule has 5 heteroatoms. The van der Waals surface area contributed by atoms with Crippen molar-refractivity contribution in [2.75, 3.05) is 53.2 Å². The van der Waals surface area contributed by atoms with Crippen LogP contribution in [-0.4, -0.2) is 57.2 Å². The minimum absolute atomic E-state index is 0.683. The van der Waals surface area contributed by atoms with Crippen LogP contribution in [0.4, 0.5) is 5.69 Å². The lowest BCUT2D eigenvalue weighted by molar-refractivity contribution is 0.148. The third-order valence-corrected chi connectivity index (χ3v) is 3.64. The maximum Gasteiger partial charge on any atom is 0.162 e. The predicted octanol–water partition coefficient (Wildman–Crippen LogP) is 1.03. The SMILES string of the molecule is COc1cc(N)c(CN2CCN(C)CC2)cc1OC. The summed E-state index contributed by atoms with van der Waals surface area (Å²) in [6.45, 7) is 5.22. The molecule has 2 rings (SSSR count). The minimum Gasteiger partial charge on any atom is -0.493 e. The highest BCUT2D eigenvalue weighted by Gasteiger charge is 2.16.